The lowest BCUT2D eigenvalue weighted by molar-refractivity contribution is -0.140. The van der Waals surface area contributed by atoms with Gasteiger partial charge in [-0.1, -0.05) is 111 Å². The average Bonchev–Trinajstić information content (AvgIpc) is 3.05. The fraction of sp³-hybridized carbons (Fsp3) is 0.297. The number of carbonyl (C=O) groups is 2. The van der Waals surface area contributed by atoms with Gasteiger partial charge in [0.05, 0.1) is 10.6 Å². The Morgan fingerprint density at radius 3 is 2.09 bits per heavy atom. The van der Waals surface area contributed by atoms with Crippen molar-refractivity contribution in [2.24, 2.45) is 0 Å². The van der Waals surface area contributed by atoms with Crippen LogP contribution in [0.4, 0.5) is 5.69 Å². The molecule has 4 rings (SSSR count). The van der Waals surface area contributed by atoms with Gasteiger partial charge in [0.1, 0.15) is 12.6 Å². The molecule has 0 aliphatic heterocycles. The molecule has 0 heterocycles. The van der Waals surface area contributed by atoms with Gasteiger partial charge in [0.2, 0.25) is 11.8 Å². The highest BCUT2D eigenvalue weighted by molar-refractivity contribution is 7.92. The van der Waals surface area contributed by atoms with Crippen molar-refractivity contribution in [2.75, 3.05) is 17.4 Å². The highest BCUT2D eigenvalue weighted by Gasteiger charge is 2.34. The molecule has 2 amide bonds. The molecule has 0 unspecified atom stereocenters. The molecule has 4 aromatic rings. The van der Waals surface area contributed by atoms with E-state index in [1.807, 2.05) is 62.4 Å². The van der Waals surface area contributed by atoms with E-state index in [0.717, 1.165) is 27.4 Å². The molecular formula is C37H42ClN3O4S. The van der Waals surface area contributed by atoms with Crippen molar-refractivity contribution in [3.8, 4) is 0 Å². The van der Waals surface area contributed by atoms with Gasteiger partial charge in [-0.2, -0.15) is 0 Å². The number of halogens is 1. The van der Waals surface area contributed by atoms with Crippen LogP contribution in [0.3, 0.4) is 0 Å². The van der Waals surface area contributed by atoms with Gasteiger partial charge in [-0.3, -0.25) is 13.9 Å². The Morgan fingerprint density at radius 1 is 0.848 bits per heavy atom. The lowest BCUT2D eigenvalue weighted by Crippen LogP contribution is -2.53. The van der Waals surface area contributed by atoms with Crippen molar-refractivity contribution >= 4 is 39.1 Å². The van der Waals surface area contributed by atoms with Gasteiger partial charge in [0, 0.05) is 24.5 Å². The first-order valence-corrected chi connectivity index (χ1v) is 17.4. The normalized spacial score (nSPS) is 12.0. The molecular weight excluding hydrogens is 618 g/mol. The highest BCUT2D eigenvalue weighted by atomic mass is 35.5. The predicted octanol–water partition coefficient (Wildman–Crippen LogP) is 7.13. The predicted molar refractivity (Wildman–Crippen MR) is 185 cm³/mol. The molecule has 0 saturated carbocycles. The van der Waals surface area contributed by atoms with Crippen molar-refractivity contribution in [1.29, 1.82) is 0 Å². The highest BCUT2D eigenvalue weighted by Crippen LogP contribution is 2.28. The maximum Gasteiger partial charge on any atom is 0.264 e. The lowest BCUT2D eigenvalue weighted by atomic mass is 10.0. The van der Waals surface area contributed by atoms with E-state index in [1.54, 1.807) is 54.6 Å². The number of anilines is 1. The van der Waals surface area contributed by atoms with Crippen molar-refractivity contribution in [3.05, 3.63) is 130 Å². The second kappa shape index (κ2) is 15.9. The number of aryl methyl sites for hydroxylation is 1. The van der Waals surface area contributed by atoms with E-state index in [1.165, 1.54) is 4.90 Å². The van der Waals surface area contributed by atoms with Crippen LogP contribution in [0.15, 0.2) is 108 Å². The third kappa shape index (κ3) is 8.77. The first-order valence-electron chi connectivity index (χ1n) is 15.5. The first-order chi connectivity index (χ1) is 22.0. The summed E-state index contributed by atoms with van der Waals surface area (Å²) in [5.41, 5.74) is 3.82. The van der Waals surface area contributed by atoms with Crippen LogP contribution in [0.25, 0.3) is 0 Å². The van der Waals surface area contributed by atoms with E-state index in [9.17, 15) is 18.0 Å². The second-order valence-corrected chi connectivity index (χ2v) is 14.0. The number of amides is 2. The summed E-state index contributed by atoms with van der Waals surface area (Å²) < 4.78 is 29.6. The SMILES string of the molecule is CCCNC(=O)[C@H](Cc1ccccc1)N(Cc1ccccc1Cl)C(=O)CN(c1ccc(C(C)C)cc1)S(=O)(=O)c1ccc(C)cc1. The van der Waals surface area contributed by atoms with Crippen LogP contribution >= 0.6 is 11.6 Å². The summed E-state index contributed by atoms with van der Waals surface area (Å²) in [7, 11) is -4.17. The quantitative estimate of drug-likeness (QED) is 0.156. The minimum Gasteiger partial charge on any atom is -0.354 e. The Kier molecular flexibility index (Phi) is 12.0. The molecule has 0 aromatic heterocycles. The van der Waals surface area contributed by atoms with Crippen molar-refractivity contribution in [2.45, 2.75) is 63.9 Å². The topological polar surface area (TPSA) is 86.8 Å². The van der Waals surface area contributed by atoms with Gasteiger partial charge in [0.15, 0.2) is 0 Å². The largest absolute Gasteiger partial charge is 0.354 e. The smallest absolute Gasteiger partial charge is 0.264 e. The maximum atomic E-state index is 14.6. The fourth-order valence-electron chi connectivity index (χ4n) is 5.12. The third-order valence-corrected chi connectivity index (χ3v) is 10.0. The summed E-state index contributed by atoms with van der Waals surface area (Å²) in [4.78, 5) is 29.8. The Bertz CT molecular complexity index is 1710. The van der Waals surface area contributed by atoms with Crippen molar-refractivity contribution < 1.29 is 18.0 Å². The van der Waals surface area contributed by atoms with Crippen LogP contribution in [0, 0.1) is 6.92 Å². The molecule has 1 atom stereocenters. The molecule has 4 aromatic carbocycles. The summed E-state index contributed by atoms with van der Waals surface area (Å²) in [6.45, 7) is 7.89. The van der Waals surface area contributed by atoms with Crippen molar-refractivity contribution in [3.63, 3.8) is 0 Å². The van der Waals surface area contributed by atoms with Crippen LogP contribution < -0.4 is 9.62 Å². The third-order valence-electron chi connectivity index (χ3n) is 7.85. The number of hydrogen-bond donors (Lipinski definition) is 1. The van der Waals surface area contributed by atoms with Gasteiger partial charge in [-0.05, 0) is 66.3 Å². The zero-order valence-corrected chi connectivity index (χ0v) is 28.4. The molecule has 1 N–H and O–H groups in total. The molecule has 0 fully saturated rings. The molecule has 0 aliphatic carbocycles. The summed E-state index contributed by atoms with van der Waals surface area (Å²) in [5, 5.41) is 3.40. The number of hydrogen-bond acceptors (Lipinski definition) is 4. The molecule has 46 heavy (non-hydrogen) atoms. The number of rotatable bonds is 14. The molecule has 0 bridgehead atoms. The Hall–Kier alpha value is -4.14. The van der Waals surface area contributed by atoms with E-state index < -0.39 is 28.5 Å². The van der Waals surface area contributed by atoms with Gasteiger partial charge in [-0.25, -0.2) is 8.42 Å². The Balaban J connectivity index is 1.81. The Morgan fingerprint density at radius 2 is 1.48 bits per heavy atom. The van der Waals surface area contributed by atoms with Gasteiger partial charge in [-0.15, -0.1) is 0 Å². The van der Waals surface area contributed by atoms with Crippen LogP contribution in [0.5, 0.6) is 0 Å². The van der Waals surface area contributed by atoms with Crippen molar-refractivity contribution in [1.82, 2.24) is 10.2 Å². The van der Waals surface area contributed by atoms with Gasteiger partial charge < -0.3 is 10.2 Å². The molecule has 0 saturated heterocycles. The summed E-state index contributed by atoms with van der Waals surface area (Å²) in [6.07, 6.45) is 0.956. The summed E-state index contributed by atoms with van der Waals surface area (Å²) in [6, 6.07) is 29.4. The zero-order valence-electron chi connectivity index (χ0n) is 26.8. The van der Waals surface area contributed by atoms with Gasteiger partial charge in [0.25, 0.3) is 10.0 Å². The fourth-order valence-corrected chi connectivity index (χ4v) is 6.73. The monoisotopic (exact) mass is 659 g/mol. The number of nitrogens with zero attached hydrogens (tertiary/aromatic N) is 2. The van der Waals surface area contributed by atoms with Crippen LogP contribution in [-0.4, -0.2) is 44.3 Å². The minimum absolute atomic E-state index is 0.0141. The van der Waals surface area contributed by atoms with E-state index in [0.29, 0.717) is 22.8 Å². The van der Waals surface area contributed by atoms with Crippen LogP contribution in [0.2, 0.25) is 5.02 Å². The molecule has 0 radical (unpaired) electrons. The minimum atomic E-state index is -4.17. The molecule has 0 aliphatic rings. The molecule has 242 valence electrons. The molecule has 0 spiro atoms. The number of nitrogens with one attached hydrogen (secondary N) is 1. The van der Waals surface area contributed by atoms with E-state index in [-0.39, 0.29) is 29.7 Å². The standard InChI is InChI=1S/C37H42ClN3O4S/c1-5-23-39-37(43)35(24-29-11-7-6-8-12-29)40(25-31-13-9-10-14-34(31)38)36(42)26-41(32-19-17-30(18-20-32)27(2)3)46(44,45)33-21-15-28(4)16-22-33/h6-22,27,35H,5,23-26H2,1-4H3,(H,39,43)/t35-/m0/s1. The maximum absolute atomic E-state index is 14.6. The summed E-state index contributed by atoms with van der Waals surface area (Å²) >= 11 is 6.56. The Labute approximate surface area is 278 Å². The number of benzene rings is 4. The van der Waals surface area contributed by atoms with Crippen LogP contribution in [0.1, 0.15) is 55.4 Å². The average molecular weight is 660 g/mol. The first kappa shape index (κ1) is 34.7. The molecule has 7 nitrogen and oxygen atoms in total. The number of carbonyl (C=O) groups excluding carboxylic acids is 2. The van der Waals surface area contributed by atoms with E-state index in [2.05, 4.69) is 19.2 Å². The lowest BCUT2D eigenvalue weighted by Gasteiger charge is -2.34. The zero-order chi connectivity index (χ0) is 33.3. The summed E-state index contributed by atoms with van der Waals surface area (Å²) in [5.74, 6) is -0.610. The van der Waals surface area contributed by atoms with E-state index >= 15 is 0 Å². The van der Waals surface area contributed by atoms with Gasteiger partial charge >= 0.3 is 0 Å². The number of sulfonamides is 1. The van der Waals surface area contributed by atoms with Crippen LogP contribution in [-0.2, 0) is 32.6 Å². The second-order valence-electron chi connectivity index (χ2n) is 11.7. The van der Waals surface area contributed by atoms with E-state index in [4.69, 9.17) is 11.6 Å². The molecule has 9 heteroatoms.